The van der Waals surface area contributed by atoms with E-state index in [0.717, 1.165) is 26.3 Å². The highest BCUT2D eigenvalue weighted by molar-refractivity contribution is 9.10. The largest absolute Gasteiger partial charge is 0.306 e. The van der Waals surface area contributed by atoms with Crippen LogP contribution in [-0.4, -0.2) is 35.7 Å². The number of carbonyl (C=O) groups excluding carboxylic acids is 3. The molecule has 0 radical (unpaired) electrons. The number of carbonyl (C=O) groups is 3. The summed E-state index contributed by atoms with van der Waals surface area (Å²) in [7, 11) is 0. The zero-order valence-corrected chi connectivity index (χ0v) is 21.3. The Labute approximate surface area is 222 Å². The Balaban J connectivity index is 1.39. The molecule has 6 heteroatoms. The molecule has 0 N–H and O–H groups in total. The smallest absolute Gasteiger partial charge is 0.261 e. The van der Waals surface area contributed by atoms with Gasteiger partial charge in [0.05, 0.1) is 5.69 Å². The third kappa shape index (κ3) is 3.99. The Kier molecular flexibility index (Phi) is 5.81. The summed E-state index contributed by atoms with van der Waals surface area (Å²) in [4.78, 5) is 43.6. The van der Waals surface area contributed by atoms with E-state index < -0.39 is 0 Å². The number of fused-ring (bicyclic) bond motifs is 1. The first-order valence-corrected chi connectivity index (χ1v) is 12.8. The fourth-order valence-corrected chi connectivity index (χ4v) is 5.27. The van der Waals surface area contributed by atoms with Crippen molar-refractivity contribution in [1.82, 2.24) is 4.90 Å². The van der Waals surface area contributed by atoms with Crippen molar-refractivity contribution in [2.75, 3.05) is 18.0 Å². The number of amides is 3. The van der Waals surface area contributed by atoms with E-state index in [2.05, 4.69) is 15.9 Å². The highest BCUT2D eigenvalue weighted by atomic mass is 79.9. The molecule has 6 rings (SSSR count). The SMILES string of the molecule is O=C1c2cccc3cccc(c23)C(=O)N1CCN(C(=O)c1ccc(Br)cc1)c1cccc2ccccc12. The molecular weight excluding hydrogens is 528 g/mol. The van der Waals surface area contributed by atoms with Crippen LogP contribution in [0.5, 0.6) is 0 Å². The van der Waals surface area contributed by atoms with E-state index in [0.29, 0.717) is 22.1 Å². The van der Waals surface area contributed by atoms with Crippen molar-refractivity contribution in [2.45, 2.75) is 0 Å². The van der Waals surface area contributed by atoms with Gasteiger partial charge in [-0.15, -0.1) is 0 Å². The van der Waals surface area contributed by atoms with Crippen LogP contribution in [0.1, 0.15) is 31.1 Å². The summed E-state index contributed by atoms with van der Waals surface area (Å²) in [6.45, 7) is 0.215. The summed E-state index contributed by atoms with van der Waals surface area (Å²) in [5, 5.41) is 3.47. The van der Waals surface area contributed by atoms with Crippen molar-refractivity contribution in [3.63, 3.8) is 0 Å². The molecule has 0 saturated heterocycles. The lowest BCUT2D eigenvalue weighted by Gasteiger charge is -2.30. The maximum absolute atomic E-state index is 13.8. The quantitative estimate of drug-likeness (QED) is 0.229. The number of anilines is 1. The van der Waals surface area contributed by atoms with Crippen LogP contribution in [-0.2, 0) is 0 Å². The van der Waals surface area contributed by atoms with Crippen LogP contribution in [0.4, 0.5) is 5.69 Å². The van der Waals surface area contributed by atoms with Crippen LogP contribution < -0.4 is 4.90 Å². The van der Waals surface area contributed by atoms with E-state index in [4.69, 9.17) is 0 Å². The van der Waals surface area contributed by atoms with E-state index >= 15 is 0 Å². The van der Waals surface area contributed by atoms with E-state index in [1.807, 2.05) is 78.9 Å². The van der Waals surface area contributed by atoms with Gasteiger partial charge in [-0.25, -0.2) is 0 Å². The first-order chi connectivity index (χ1) is 18.0. The van der Waals surface area contributed by atoms with Crippen LogP contribution in [0.2, 0.25) is 0 Å². The number of halogens is 1. The maximum Gasteiger partial charge on any atom is 0.261 e. The molecule has 180 valence electrons. The Morgan fingerprint density at radius 1 is 0.703 bits per heavy atom. The lowest BCUT2D eigenvalue weighted by molar-refractivity contribution is 0.0611. The summed E-state index contributed by atoms with van der Waals surface area (Å²) < 4.78 is 0.873. The van der Waals surface area contributed by atoms with Gasteiger partial charge in [-0.05, 0) is 53.2 Å². The molecule has 5 aromatic carbocycles. The summed E-state index contributed by atoms with van der Waals surface area (Å²) >= 11 is 3.42. The highest BCUT2D eigenvalue weighted by Gasteiger charge is 2.33. The van der Waals surface area contributed by atoms with Crippen molar-refractivity contribution < 1.29 is 14.4 Å². The molecule has 0 unspecified atom stereocenters. The number of imide groups is 1. The molecule has 0 fully saturated rings. The van der Waals surface area contributed by atoms with Crippen LogP contribution in [0.3, 0.4) is 0 Å². The summed E-state index contributed by atoms with van der Waals surface area (Å²) in [6, 6.07) is 31.8. The topological polar surface area (TPSA) is 57.7 Å². The molecule has 5 nitrogen and oxygen atoms in total. The molecule has 3 amide bonds. The Morgan fingerprint density at radius 3 is 2.00 bits per heavy atom. The fraction of sp³-hybridized carbons (Fsp3) is 0.0645. The third-order valence-corrected chi connectivity index (χ3v) is 7.33. The second kappa shape index (κ2) is 9.30. The van der Waals surface area contributed by atoms with Crippen molar-refractivity contribution in [2.24, 2.45) is 0 Å². The van der Waals surface area contributed by atoms with Crippen molar-refractivity contribution in [3.05, 3.63) is 124 Å². The zero-order valence-electron chi connectivity index (χ0n) is 19.7. The standard InChI is InChI=1S/C31H21BrN2O3/c32-23-16-14-22(15-17-23)29(35)33(27-13-5-7-20-6-1-2-10-24(20)27)18-19-34-30(36)25-11-3-8-21-9-4-12-26(28(21)25)31(34)37/h1-17H,18-19H2. The van der Waals surface area contributed by atoms with Gasteiger partial charge in [0.1, 0.15) is 0 Å². The fourth-order valence-electron chi connectivity index (χ4n) is 5.01. The lowest BCUT2D eigenvalue weighted by atomic mass is 9.94. The van der Waals surface area contributed by atoms with E-state index in [1.165, 1.54) is 4.90 Å². The number of nitrogens with zero attached hydrogens (tertiary/aromatic N) is 2. The molecule has 37 heavy (non-hydrogen) atoms. The normalized spacial score (nSPS) is 12.8. The molecule has 5 aromatic rings. The van der Waals surface area contributed by atoms with Gasteiger partial charge in [0, 0.05) is 45.0 Å². The highest BCUT2D eigenvalue weighted by Crippen LogP contribution is 2.31. The van der Waals surface area contributed by atoms with Gasteiger partial charge < -0.3 is 4.90 Å². The third-order valence-electron chi connectivity index (χ3n) is 6.80. The van der Waals surface area contributed by atoms with Crippen molar-refractivity contribution >= 4 is 60.9 Å². The predicted octanol–water partition coefficient (Wildman–Crippen LogP) is 6.70. The molecule has 0 aliphatic carbocycles. The van der Waals surface area contributed by atoms with Crippen LogP contribution in [0.15, 0.2) is 108 Å². The maximum atomic E-state index is 13.8. The number of benzene rings is 5. The van der Waals surface area contributed by atoms with Gasteiger partial charge in [0.25, 0.3) is 17.7 Å². The molecule has 1 aliphatic heterocycles. The first-order valence-electron chi connectivity index (χ1n) is 12.0. The molecular formula is C31H21BrN2O3. The Morgan fingerprint density at radius 2 is 1.30 bits per heavy atom. The minimum absolute atomic E-state index is 0.0634. The van der Waals surface area contributed by atoms with Crippen molar-refractivity contribution in [3.8, 4) is 0 Å². The summed E-state index contributed by atoms with van der Waals surface area (Å²) in [5.74, 6) is -0.894. The average Bonchev–Trinajstić information content (AvgIpc) is 2.93. The van der Waals surface area contributed by atoms with E-state index in [1.54, 1.807) is 29.2 Å². The Hall–Kier alpha value is -4.29. The minimum Gasteiger partial charge on any atom is -0.306 e. The van der Waals surface area contributed by atoms with Crippen molar-refractivity contribution in [1.29, 1.82) is 0 Å². The summed E-state index contributed by atoms with van der Waals surface area (Å²) in [6.07, 6.45) is 0. The average molecular weight is 549 g/mol. The molecule has 0 saturated carbocycles. The second-order valence-corrected chi connectivity index (χ2v) is 9.85. The van der Waals surface area contributed by atoms with Crippen LogP contribution in [0, 0.1) is 0 Å². The lowest BCUT2D eigenvalue weighted by Crippen LogP contribution is -2.46. The second-order valence-electron chi connectivity index (χ2n) is 8.93. The molecule has 0 aromatic heterocycles. The van der Waals surface area contributed by atoms with Crippen LogP contribution >= 0.6 is 15.9 Å². The van der Waals surface area contributed by atoms with Gasteiger partial charge in [0.2, 0.25) is 0 Å². The molecule has 0 spiro atoms. The van der Waals surface area contributed by atoms with Gasteiger partial charge in [-0.3, -0.25) is 19.3 Å². The number of hydrogen-bond donors (Lipinski definition) is 0. The van der Waals surface area contributed by atoms with Gasteiger partial charge in [-0.1, -0.05) is 76.6 Å². The summed E-state index contributed by atoms with van der Waals surface area (Å²) in [5.41, 5.74) is 2.25. The molecule has 1 heterocycles. The number of hydrogen-bond acceptors (Lipinski definition) is 3. The van der Waals surface area contributed by atoms with Gasteiger partial charge in [0.15, 0.2) is 0 Å². The monoisotopic (exact) mass is 548 g/mol. The van der Waals surface area contributed by atoms with Gasteiger partial charge in [-0.2, -0.15) is 0 Å². The molecule has 0 bridgehead atoms. The predicted molar refractivity (Wildman–Crippen MR) is 149 cm³/mol. The van der Waals surface area contributed by atoms with E-state index in [9.17, 15) is 14.4 Å². The van der Waals surface area contributed by atoms with Gasteiger partial charge >= 0.3 is 0 Å². The Bertz CT molecular complexity index is 1660. The first kappa shape index (κ1) is 23.1. The number of rotatable bonds is 5. The minimum atomic E-state index is -0.344. The molecule has 0 atom stereocenters. The van der Waals surface area contributed by atoms with E-state index in [-0.39, 0.29) is 30.8 Å². The zero-order chi connectivity index (χ0) is 25.5. The van der Waals surface area contributed by atoms with Crippen LogP contribution in [0.25, 0.3) is 21.5 Å². The molecule has 1 aliphatic rings.